The van der Waals surface area contributed by atoms with Gasteiger partial charge in [0.15, 0.2) is 0 Å². The van der Waals surface area contributed by atoms with Gasteiger partial charge in [-0.25, -0.2) is 0 Å². The summed E-state index contributed by atoms with van der Waals surface area (Å²) in [6.07, 6.45) is 15.6. The van der Waals surface area contributed by atoms with E-state index in [4.69, 9.17) is 11.2 Å². The molecule has 1 saturated heterocycles. The van der Waals surface area contributed by atoms with Crippen molar-refractivity contribution in [3.05, 3.63) is 23.3 Å². The van der Waals surface area contributed by atoms with Crippen LogP contribution in [-0.4, -0.2) is 70.4 Å². The molecule has 1 aliphatic heterocycles. The highest BCUT2D eigenvalue weighted by atomic mass is 16.5. The van der Waals surface area contributed by atoms with Crippen molar-refractivity contribution in [1.29, 1.82) is 0 Å². The van der Waals surface area contributed by atoms with E-state index in [0.717, 1.165) is 49.4 Å². The van der Waals surface area contributed by atoms with Crippen LogP contribution in [0, 0.1) is 40.4 Å². The van der Waals surface area contributed by atoms with Gasteiger partial charge in [0.1, 0.15) is 0 Å². The first kappa shape index (κ1) is 25.5. The highest BCUT2D eigenvalue weighted by molar-refractivity contribution is 5.52. The highest BCUT2D eigenvalue weighted by Crippen LogP contribution is 2.75. The minimum absolute atomic E-state index is 0.244. The number of hydrogen-bond donors (Lipinski definition) is 3. The van der Waals surface area contributed by atoms with Crippen molar-refractivity contribution in [3.8, 4) is 12.3 Å². The highest BCUT2D eigenvalue weighted by Gasteiger charge is 2.78. The van der Waals surface area contributed by atoms with Crippen molar-refractivity contribution in [2.24, 2.45) is 28.1 Å². The van der Waals surface area contributed by atoms with E-state index in [2.05, 4.69) is 16.9 Å². The van der Waals surface area contributed by atoms with E-state index in [9.17, 15) is 15.3 Å². The van der Waals surface area contributed by atoms with Gasteiger partial charge in [0.25, 0.3) is 0 Å². The molecule has 1 spiro atoms. The summed E-state index contributed by atoms with van der Waals surface area (Å²) in [4.78, 5) is 2.68. The summed E-state index contributed by atoms with van der Waals surface area (Å²) in [7, 11) is 1.68. The Morgan fingerprint density at radius 1 is 1.20 bits per heavy atom. The van der Waals surface area contributed by atoms with Crippen LogP contribution in [0.25, 0.3) is 0 Å². The third-order valence-electron chi connectivity index (χ3n) is 11.1. The molecule has 0 aromatic rings. The minimum atomic E-state index is -1.37. The van der Waals surface area contributed by atoms with Gasteiger partial charge in [-0.05, 0) is 80.7 Å². The summed E-state index contributed by atoms with van der Waals surface area (Å²) in [6, 6.07) is 0.244. The molecular weight excluding hydrogens is 438 g/mol. The Morgan fingerprint density at radius 2 is 1.91 bits per heavy atom. The number of likely N-dealkylation sites (tertiary alicyclic amines) is 1. The number of hydrogen-bond acceptors (Lipinski definition) is 5. The lowest BCUT2D eigenvalue weighted by molar-refractivity contribution is -0.331. The maximum absolute atomic E-state index is 12.3. The molecule has 0 radical (unpaired) electrons. The first-order valence-corrected chi connectivity index (χ1v) is 13.6. The number of aliphatic hydroxyl groups excluding tert-OH is 1. The van der Waals surface area contributed by atoms with Crippen LogP contribution in [-0.2, 0) is 4.74 Å². The van der Waals surface area contributed by atoms with Crippen molar-refractivity contribution < 1.29 is 20.1 Å². The van der Waals surface area contributed by atoms with Crippen LogP contribution in [0.5, 0.6) is 0 Å². The van der Waals surface area contributed by atoms with Crippen LogP contribution >= 0.6 is 0 Å². The third-order valence-corrected chi connectivity index (χ3v) is 11.1. The van der Waals surface area contributed by atoms with E-state index in [-0.39, 0.29) is 11.5 Å². The van der Waals surface area contributed by atoms with Crippen molar-refractivity contribution in [2.75, 3.05) is 26.8 Å². The molecule has 6 aliphatic rings. The topological polar surface area (TPSA) is 73.2 Å². The second kappa shape index (κ2) is 8.17. The number of terminal acetylenes is 1. The Morgan fingerprint density at radius 3 is 2.51 bits per heavy atom. The number of methoxy groups -OCH3 is 1. The lowest BCUT2D eigenvalue weighted by Gasteiger charge is -2.76. The molecule has 0 aromatic heterocycles. The standard InChI is InChI=1S/C30H45NO4/c1-7-22-21(9-8-16-35-6)17-24-28-12-13-30(34,23(18-28)27(5,33)26(2,3)4)25(32)29(22,28)14-15-31(24)19-20-10-11-20/h1,8-9,20,23-25,32-34H,10-19H2,2-6H3/b9-8-/t23-,24-,25+,27+,28-,29+,30+/m1/s1. The Kier molecular flexibility index (Phi) is 5.95. The largest absolute Gasteiger partial charge is 0.389 e. The van der Waals surface area contributed by atoms with E-state index in [1.165, 1.54) is 12.8 Å². The van der Waals surface area contributed by atoms with Gasteiger partial charge in [-0.1, -0.05) is 38.8 Å². The smallest absolute Gasteiger partial charge is 0.0970 e. The van der Waals surface area contributed by atoms with Gasteiger partial charge in [0, 0.05) is 36.6 Å². The summed E-state index contributed by atoms with van der Waals surface area (Å²) in [5.41, 5.74) is -1.87. The van der Waals surface area contributed by atoms with Gasteiger partial charge in [-0.3, -0.25) is 4.90 Å². The number of nitrogens with zero attached hydrogens (tertiary/aromatic N) is 1. The Labute approximate surface area is 211 Å². The molecule has 35 heavy (non-hydrogen) atoms. The molecule has 4 bridgehead atoms. The summed E-state index contributed by atoms with van der Waals surface area (Å²) >= 11 is 0. The molecule has 0 unspecified atom stereocenters. The zero-order valence-electron chi connectivity index (χ0n) is 22.3. The van der Waals surface area contributed by atoms with Crippen molar-refractivity contribution in [1.82, 2.24) is 4.90 Å². The predicted molar refractivity (Wildman–Crippen MR) is 137 cm³/mol. The monoisotopic (exact) mass is 483 g/mol. The average molecular weight is 484 g/mol. The lowest BCUT2D eigenvalue weighted by Crippen LogP contribution is -2.81. The van der Waals surface area contributed by atoms with E-state index >= 15 is 0 Å². The zero-order chi connectivity index (χ0) is 25.4. The lowest BCUT2D eigenvalue weighted by atomic mass is 9.32. The number of rotatable bonds is 6. The molecule has 5 nitrogen and oxygen atoms in total. The molecule has 5 fully saturated rings. The molecule has 7 atom stereocenters. The maximum atomic E-state index is 12.3. The van der Waals surface area contributed by atoms with Crippen molar-refractivity contribution in [2.45, 2.75) is 96.0 Å². The van der Waals surface area contributed by atoms with Crippen LogP contribution in [0.2, 0.25) is 0 Å². The van der Waals surface area contributed by atoms with Crippen LogP contribution in [0.1, 0.15) is 72.6 Å². The van der Waals surface area contributed by atoms with E-state index in [1.54, 1.807) is 7.11 Å². The molecular formula is C30H45NO4. The summed E-state index contributed by atoms with van der Waals surface area (Å²) in [5, 5.41) is 36.4. The molecule has 5 heteroatoms. The molecule has 194 valence electrons. The summed E-state index contributed by atoms with van der Waals surface area (Å²) in [6.45, 7) is 10.5. The van der Waals surface area contributed by atoms with Crippen molar-refractivity contribution in [3.63, 3.8) is 0 Å². The fourth-order valence-electron chi connectivity index (χ4n) is 8.63. The number of fused-ring (bicyclic) bond motifs is 2. The number of aliphatic hydroxyl groups is 3. The fraction of sp³-hybridized carbons (Fsp3) is 0.800. The second-order valence-corrected chi connectivity index (χ2v) is 13.5. The molecule has 4 saturated carbocycles. The van der Waals surface area contributed by atoms with Gasteiger partial charge in [0.2, 0.25) is 0 Å². The van der Waals surface area contributed by atoms with Crippen LogP contribution in [0.15, 0.2) is 23.3 Å². The van der Waals surface area contributed by atoms with Gasteiger partial charge in [-0.2, -0.15) is 0 Å². The van der Waals surface area contributed by atoms with Crippen LogP contribution < -0.4 is 0 Å². The second-order valence-electron chi connectivity index (χ2n) is 13.5. The molecule has 0 amide bonds. The van der Waals surface area contributed by atoms with E-state index in [0.29, 0.717) is 19.4 Å². The minimum Gasteiger partial charge on any atom is -0.389 e. The third kappa shape index (κ3) is 3.33. The molecule has 0 aromatic carbocycles. The number of allylic oxidation sites excluding steroid dienone is 1. The normalized spacial score (nSPS) is 43.2. The Bertz CT molecular complexity index is 966. The van der Waals surface area contributed by atoms with E-state index in [1.807, 2.05) is 33.8 Å². The SMILES string of the molecule is C#CC1=C(/C=C\COC)C[C@H]2N(CC3CC3)CC[C@@]13[C@H](O)[C@]1(O)CC[C@@]23C[C@@H]1[C@](C)(O)C(C)(C)C. The first-order chi connectivity index (χ1) is 16.4. The van der Waals surface area contributed by atoms with Gasteiger partial charge in [-0.15, -0.1) is 6.42 Å². The predicted octanol–water partition coefficient (Wildman–Crippen LogP) is 3.68. The Hall–Kier alpha value is -1.16. The molecule has 5 aliphatic carbocycles. The van der Waals surface area contributed by atoms with Gasteiger partial charge < -0.3 is 20.1 Å². The maximum Gasteiger partial charge on any atom is 0.0970 e. The Balaban J connectivity index is 1.69. The first-order valence-electron chi connectivity index (χ1n) is 13.6. The zero-order valence-corrected chi connectivity index (χ0v) is 22.3. The van der Waals surface area contributed by atoms with Crippen LogP contribution in [0.3, 0.4) is 0 Å². The van der Waals surface area contributed by atoms with E-state index < -0.39 is 34.1 Å². The quantitative estimate of drug-likeness (QED) is 0.503. The van der Waals surface area contributed by atoms with Gasteiger partial charge in [0.05, 0.1) is 23.9 Å². The summed E-state index contributed by atoms with van der Waals surface area (Å²) < 4.78 is 5.26. The number of piperidine rings is 1. The molecule has 1 heterocycles. The molecule has 6 rings (SSSR count). The molecule has 3 N–H and O–H groups in total. The number of ether oxygens (including phenoxy) is 1. The van der Waals surface area contributed by atoms with Crippen LogP contribution in [0.4, 0.5) is 0 Å². The fourth-order valence-corrected chi connectivity index (χ4v) is 8.63. The summed E-state index contributed by atoms with van der Waals surface area (Å²) in [5.74, 6) is 3.39. The van der Waals surface area contributed by atoms with Crippen molar-refractivity contribution >= 4 is 0 Å². The average Bonchev–Trinajstić information content (AvgIpc) is 3.60. The van der Waals surface area contributed by atoms with Gasteiger partial charge >= 0.3 is 0 Å².